The molecule has 2 aromatic carbocycles. The number of nitrogens with zero attached hydrogens (tertiary/aromatic N) is 3. The lowest BCUT2D eigenvalue weighted by atomic mass is 9.69. The number of carbonyl (C=O) groups excluding carboxylic acids is 1. The summed E-state index contributed by atoms with van der Waals surface area (Å²) in [7, 11) is -2.51. The molecular weight excluding hydrogens is 525 g/mol. The first-order chi connectivity index (χ1) is 16.2. The zero-order valence-electron chi connectivity index (χ0n) is 18.2. The summed E-state index contributed by atoms with van der Waals surface area (Å²) in [6.45, 7) is 0.209. The highest BCUT2D eigenvalue weighted by Crippen LogP contribution is 2.46. The number of hydrogen-bond acceptors (Lipinski definition) is 5. The maximum atomic E-state index is 13.4. The van der Waals surface area contributed by atoms with E-state index in [9.17, 15) is 17.6 Å². The van der Waals surface area contributed by atoms with Crippen LogP contribution in [0.5, 0.6) is 0 Å². The van der Waals surface area contributed by atoms with Crippen LogP contribution in [-0.4, -0.2) is 48.7 Å². The number of carbonyl (C=O) groups is 1. The van der Waals surface area contributed by atoms with Crippen molar-refractivity contribution in [1.82, 2.24) is 14.1 Å². The first-order valence-electron chi connectivity index (χ1n) is 10.6. The fraction of sp³-hybridized carbons (Fsp3) is 0.250. The molecule has 10 heteroatoms. The van der Waals surface area contributed by atoms with Gasteiger partial charge in [0.15, 0.2) is 0 Å². The van der Waals surface area contributed by atoms with Crippen LogP contribution in [0, 0.1) is 11.2 Å². The Kier molecular flexibility index (Phi) is 5.70. The number of rotatable bonds is 4. The van der Waals surface area contributed by atoms with Crippen molar-refractivity contribution in [1.29, 1.82) is 0 Å². The van der Waals surface area contributed by atoms with Gasteiger partial charge in [0.1, 0.15) is 11.2 Å². The normalized spacial score (nSPS) is 20.3. The van der Waals surface area contributed by atoms with Gasteiger partial charge < -0.3 is 4.74 Å². The smallest absolute Gasteiger partial charge is 0.317 e. The van der Waals surface area contributed by atoms with E-state index >= 15 is 0 Å². The van der Waals surface area contributed by atoms with Crippen LogP contribution in [0.3, 0.4) is 0 Å². The lowest BCUT2D eigenvalue weighted by molar-refractivity contribution is -0.151. The molecule has 0 amide bonds. The largest absolute Gasteiger partial charge is 0.468 e. The Bertz CT molecular complexity index is 1420. The third kappa shape index (κ3) is 3.70. The molecule has 1 atom stereocenters. The van der Waals surface area contributed by atoms with Crippen LogP contribution in [0.2, 0.25) is 0 Å². The highest BCUT2D eigenvalue weighted by molar-refractivity contribution is 9.10. The molecule has 1 aliphatic heterocycles. The molecule has 176 valence electrons. The summed E-state index contributed by atoms with van der Waals surface area (Å²) >= 11 is 3.33. The number of sulfonamides is 1. The zero-order chi connectivity index (χ0) is 24.1. The minimum absolute atomic E-state index is 0.0263. The molecule has 0 bridgehead atoms. The molecule has 3 aromatic rings. The molecule has 0 unspecified atom stereocenters. The van der Waals surface area contributed by atoms with Gasteiger partial charge in [-0.2, -0.15) is 9.40 Å². The van der Waals surface area contributed by atoms with Crippen LogP contribution >= 0.6 is 15.9 Å². The molecule has 5 rings (SSSR count). The van der Waals surface area contributed by atoms with E-state index in [1.165, 1.54) is 23.5 Å². The summed E-state index contributed by atoms with van der Waals surface area (Å²) in [5, 5.41) is 4.46. The van der Waals surface area contributed by atoms with Gasteiger partial charge in [0, 0.05) is 17.6 Å². The molecule has 7 nitrogen and oxygen atoms in total. The first kappa shape index (κ1) is 22.9. The summed E-state index contributed by atoms with van der Waals surface area (Å²) in [4.78, 5) is 13.3. The molecule has 2 heterocycles. The fourth-order valence-corrected chi connectivity index (χ4v) is 6.85. The average molecular weight is 546 g/mol. The second kappa shape index (κ2) is 8.44. The van der Waals surface area contributed by atoms with E-state index in [0.29, 0.717) is 16.6 Å². The maximum Gasteiger partial charge on any atom is 0.317 e. The van der Waals surface area contributed by atoms with Crippen molar-refractivity contribution in [3.8, 4) is 5.69 Å². The number of esters is 1. The Balaban J connectivity index is 1.55. The van der Waals surface area contributed by atoms with E-state index in [4.69, 9.17) is 4.74 Å². The van der Waals surface area contributed by atoms with Crippen molar-refractivity contribution in [2.24, 2.45) is 5.41 Å². The third-order valence-corrected chi connectivity index (χ3v) is 8.80. The molecule has 1 fully saturated rings. The van der Waals surface area contributed by atoms with E-state index in [0.717, 1.165) is 16.8 Å². The van der Waals surface area contributed by atoms with Crippen LogP contribution in [0.4, 0.5) is 4.39 Å². The number of fused-ring (bicyclic) bond motifs is 2. The molecule has 34 heavy (non-hydrogen) atoms. The summed E-state index contributed by atoms with van der Waals surface area (Å²) in [5.41, 5.74) is 1.94. The standard InChI is InChI=1S/C24H21BrFN3O4S/c1-33-23(30)24-13-16-14-27-29(20-7-5-19(26)6-8-20)22(16)11-17(24)9-10-28(15-24)34(31,32)21-4-2-3-18(25)12-21/h2-8,11-12,14H,9-10,13,15H2,1H3/t24-/m0/s1. The Morgan fingerprint density at radius 3 is 2.68 bits per heavy atom. The molecule has 1 aliphatic carbocycles. The number of ether oxygens (including phenoxy) is 1. The number of hydrogen-bond donors (Lipinski definition) is 0. The van der Waals surface area contributed by atoms with Gasteiger partial charge in [-0.05, 0) is 72.5 Å². The molecule has 0 N–H and O–H groups in total. The fourth-order valence-electron chi connectivity index (χ4n) is 4.75. The van der Waals surface area contributed by atoms with Gasteiger partial charge in [0.2, 0.25) is 10.0 Å². The van der Waals surface area contributed by atoms with E-state index < -0.39 is 21.4 Å². The van der Waals surface area contributed by atoms with E-state index in [1.807, 2.05) is 6.08 Å². The maximum absolute atomic E-state index is 13.4. The van der Waals surface area contributed by atoms with Crippen molar-refractivity contribution in [2.45, 2.75) is 17.7 Å². The molecule has 0 radical (unpaired) electrons. The average Bonchev–Trinajstić information content (AvgIpc) is 3.24. The second-order valence-electron chi connectivity index (χ2n) is 8.41. The van der Waals surface area contributed by atoms with Gasteiger partial charge in [0.05, 0.1) is 29.6 Å². The van der Waals surface area contributed by atoms with Gasteiger partial charge in [0.25, 0.3) is 0 Å². The lowest BCUT2D eigenvalue weighted by Gasteiger charge is -2.43. The Hall–Kier alpha value is -2.82. The van der Waals surface area contributed by atoms with Crippen LogP contribution in [0.1, 0.15) is 17.7 Å². The Morgan fingerprint density at radius 2 is 1.97 bits per heavy atom. The number of halogens is 2. The number of benzene rings is 2. The highest BCUT2D eigenvalue weighted by Gasteiger charge is 2.51. The van der Waals surface area contributed by atoms with Crippen molar-refractivity contribution < 1.29 is 22.3 Å². The van der Waals surface area contributed by atoms with Crippen LogP contribution < -0.4 is 0 Å². The minimum Gasteiger partial charge on any atom is -0.468 e. The molecule has 2 aliphatic rings. The molecule has 1 saturated heterocycles. The van der Waals surface area contributed by atoms with E-state index in [1.54, 1.807) is 47.3 Å². The Morgan fingerprint density at radius 1 is 1.21 bits per heavy atom. The summed E-state index contributed by atoms with van der Waals surface area (Å²) in [6, 6.07) is 12.5. The number of piperidine rings is 1. The van der Waals surface area contributed by atoms with Crippen molar-refractivity contribution in [3.05, 3.63) is 81.8 Å². The predicted octanol–water partition coefficient (Wildman–Crippen LogP) is 3.97. The quantitative estimate of drug-likeness (QED) is 0.463. The Labute approximate surface area is 205 Å². The first-order valence-corrected chi connectivity index (χ1v) is 12.9. The molecular formula is C24H21BrFN3O4S. The highest BCUT2D eigenvalue weighted by atomic mass is 79.9. The lowest BCUT2D eigenvalue weighted by Crippen LogP contribution is -2.53. The summed E-state index contributed by atoms with van der Waals surface area (Å²) in [5.74, 6) is -0.820. The third-order valence-electron chi connectivity index (χ3n) is 6.46. The van der Waals surface area contributed by atoms with Gasteiger partial charge in [-0.1, -0.05) is 22.0 Å². The monoisotopic (exact) mass is 545 g/mol. The molecule has 1 aromatic heterocycles. The summed E-state index contributed by atoms with van der Waals surface area (Å²) < 4.78 is 49.1. The minimum atomic E-state index is -3.82. The second-order valence-corrected chi connectivity index (χ2v) is 11.3. The van der Waals surface area contributed by atoms with Gasteiger partial charge >= 0.3 is 5.97 Å². The molecule has 0 spiro atoms. The zero-order valence-corrected chi connectivity index (χ0v) is 20.6. The van der Waals surface area contributed by atoms with Crippen molar-refractivity contribution in [2.75, 3.05) is 20.2 Å². The van der Waals surface area contributed by atoms with Gasteiger partial charge in [-0.15, -0.1) is 0 Å². The van der Waals surface area contributed by atoms with Crippen molar-refractivity contribution in [3.63, 3.8) is 0 Å². The number of methoxy groups -OCH3 is 1. The van der Waals surface area contributed by atoms with E-state index in [2.05, 4.69) is 21.0 Å². The van der Waals surface area contributed by atoms with Gasteiger partial charge in [-0.3, -0.25) is 4.79 Å². The van der Waals surface area contributed by atoms with Crippen LogP contribution in [0.25, 0.3) is 11.8 Å². The molecule has 0 saturated carbocycles. The number of aromatic nitrogens is 2. The summed E-state index contributed by atoms with van der Waals surface area (Å²) in [6.07, 6.45) is 4.19. The van der Waals surface area contributed by atoms with Crippen LogP contribution in [0.15, 0.2) is 69.7 Å². The topological polar surface area (TPSA) is 81.5 Å². The van der Waals surface area contributed by atoms with Crippen LogP contribution in [-0.2, 0) is 26.0 Å². The predicted molar refractivity (Wildman–Crippen MR) is 127 cm³/mol. The van der Waals surface area contributed by atoms with E-state index in [-0.39, 0.29) is 30.2 Å². The van der Waals surface area contributed by atoms with Crippen molar-refractivity contribution >= 4 is 38.0 Å². The van der Waals surface area contributed by atoms with Gasteiger partial charge in [-0.25, -0.2) is 17.5 Å². The SMILES string of the molecule is COC(=O)[C@]12Cc3cnn(-c4ccc(F)cc4)c3C=C1CCN(S(=O)(=O)c1cccc(Br)c1)C2.